The van der Waals surface area contributed by atoms with E-state index in [1.807, 2.05) is 4.90 Å². The fourth-order valence-corrected chi connectivity index (χ4v) is 4.10. The van der Waals surface area contributed by atoms with Gasteiger partial charge in [0.2, 0.25) is 0 Å². The minimum atomic E-state index is -0.835. The van der Waals surface area contributed by atoms with Crippen LogP contribution in [0.5, 0.6) is 0 Å². The van der Waals surface area contributed by atoms with E-state index in [1.165, 1.54) is 6.07 Å². The first kappa shape index (κ1) is 18.4. The van der Waals surface area contributed by atoms with Crippen LogP contribution in [0.2, 0.25) is 0 Å². The van der Waals surface area contributed by atoms with Crippen LogP contribution in [0.25, 0.3) is 0 Å². The molecular formula is C19H25F2N3O3. The van der Waals surface area contributed by atoms with Crippen molar-refractivity contribution in [2.24, 2.45) is 5.92 Å². The van der Waals surface area contributed by atoms with Gasteiger partial charge in [-0.25, -0.2) is 13.6 Å². The molecule has 1 aromatic rings. The Morgan fingerprint density at radius 3 is 2.59 bits per heavy atom. The summed E-state index contributed by atoms with van der Waals surface area (Å²) in [6.07, 6.45) is 2.31. The van der Waals surface area contributed by atoms with Gasteiger partial charge in [0.15, 0.2) is 17.4 Å². The molecule has 0 saturated carbocycles. The summed E-state index contributed by atoms with van der Waals surface area (Å²) in [7, 11) is 0. The smallest absolute Gasteiger partial charge is 0.317 e. The zero-order chi connectivity index (χ0) is 18.9. The SMILES string of the molecule is O=C(NC[C@H]1CCN(c2ccc(F)c(F)c2)C1)N1CCC2(CC1)OCCO2. The summed E-state index contributed by atoms with van der Waals surface area (Å²) in [5, 5.41) is 3.01. The van der Waals surface area contributed by atoms with Crippen molar-refractivity contribution in [3.05, 3.63) is 29.8 Å². The van der Waals surface area contributed by atoms with Crippen LogP contribution in [0.3, 0.4) is 0 Å². The maximum Gasteiger partial charge on any atom is 0.317 e. The van der Waals surface area contributed by atoms with Crippen LogP contribution in [-0.2, 0) is 9.47 Å². The van der Waals surface area contributed by atoms with Crippen LogP contribution < -0.4 is 10.2 Å². The number of nitrogens with zero attached hydrogens (tertiary/aromatic N) is 2. The van der Waals surface area contributed by atoms with Crippen molar-refractivity contribution >= 4 is 11.7 Å². The normalized spacial score (nSPS) is 24.6. The van der Waals surface area contributed by atoms with Crippen molar-refractivity contribution in [2.75, 3.05) is 50.8 Å². The summed E-state index contributed by atoms with van der Waals surface area (Å²) in [5.74, 6) is -1.85. The largest absolute Gasteiger partial charge is 0.371 e. The highest BCUT2D eigenvalue weighted by Crippen LogP contribution is 2.31. The van der Waals surface area contributed by atoms with Crippen molar-refractivity contribution in [1.29, 1.82) is 0 Å². The van der Waals surface area contributed by atoms with Gasteiger partial charge in [0.1, 0.15) is 0 Å². The molecule has 3 aliphatic heterocycles. The van der Waals surface area contributed by atoms with Crippen LogP contribution in [0.15, 0.2) is 18.2 Å². The molecule has 0 aliphatic carbocycles. The van der Waals surface area contributed by atoms with Crippen LogP contribution in [-0.4, -0.2) is 62.7 Å². The molecule has 27 heavy (non-hydrogen) atoms. The number of rotatable bonds is 3. The molecule has 3 heterocycles. The highest BCUT2D eigenvalue weighted by Gasteiger charge is 2.40. The summed E-state index contributed by atoms with van der Waals surface area (Å²) in [6, 6.07) is 3.91. The molecule has 1 aromatic carbocycles. The molecule has 1 N–H and O–H groups in total. The first-order valence-electron chi connectivity index (χ1n) is 9.55. The second-order valence-electron chi connectivity index (χ2n) is 7.48. The van der Waals surface area contributed by atoms with Gasteiger partial charge in [-0.3, -0.25) is 0 Å². The zero-order valence-electron chi connectivity index (χ0n) is 15.3. The number of hydrogen-bond acceptors (Lipinski definition) is 4. The van der Waals surface area contributed by atoms with E-state index < -0.39 is 17.4 Å². The van der Waals surface area contributed by atoms with E-state index >= 15 is 0 Å². The lowest BCUT2D eigenvalue weighted by atomic mass is 10.0. The minimum absolute atomic E-state index is 0.0610. The molecule has 0 bridgehead atoms. The molecule has 1 spiro atoms. The Morgan fingerprint density at radius 1 is 1.15 bits per heavy atom. The number of likely N-dealkylation sites (tertiary alicyclic amines) is 1. The number of anilines is 1. The van der Waals surface area contributed by atoms with Crippen molar-refractivity contribution in [2.45, 2.75) is 25.0 Å². The number of urea groups is 1. The molecule has 6 nitrogen and oxygen atoms in total. The fourth-order valence-electron chi connectivity index (χ4n) is 4.10. The number of benzene rings is 1. The molecule has 0 radical (unpaired) electrons. The van der Waals surface area contributed by atoms with Crippen LogP contribution >= 0.6 is 0 Å². The molecule has 0 unspecified atom stereocenters. The zero-order valence-corrected chi connectivity index (χ0v) is 15.3. The number of halogens is 2. The fraction of sp³-hybridized carbons (Fsp3) is 0.632. The lowest BCUT2D eigenvalue weighted by molar-refractivity contribution is -0.181. The predicted octanol–water partition coefficient (Wildman–Crippen LogP) is 2.34. The molecule has 2 amide bonds. The van der Waals surface area contributed by atoms with Gasteiger partial charge < -0.3 is 24.6 Å². The van der Waals surface area contributed by atoms with Gasteiger partial charge in [0, 0.05) is 57.3 Å². The Labute approximate surface area is 157 Å². The molecule has 4 rings (SSSR count). The van der Waals surface area contributed by atoms with Gasteiger partial charge in [-0.05, 0) is 24.5 Å². The van der Waals surface area contributed by atoms with E-state index in [1.54, 1.807) is 11.0 Å². The topological polar surface area (TPSA) is 54.0 Å². The Morgan fingerprint density at radius 2 is 1.89 bits per heavy atom. The Kier molecular flexibility index (Phi) is 5.19. The molecule has 8 heteroatoms. The predicted molar refractivity (Wildman–Crippen MR) is 95.5 cm³/mol. The molecule has 3 saturated heterocycles. The first-order valence-corrected chi connectivity index (χ1v) is 9.55. The lowest BCUT2D eigenvalue weighted by Gasteiger charge is -2.37. The van der Waals surface area contributed by atoms with E-state index in [-0.39, 0.29) is 6.03 Å². The first-order chi connectivity index (χ1) is 13.0. The van der Waals surface area contributed by atoms with Gasteiger partial charge in [0.25, 0.3) is 0 Å². The number of nitrogens with one attached hydrogen (secondary N) is 1. The van der Waals surface area contributed by atoms with Crippen molar-refractivity contribution < 1.29 is 23.0 Å². The third-order valence-electron chi connectivity index (χ3n) is 5.72. The van der Waals surface area contributed by atoms with Crippen LogP contribution in [0, 0.1) is 17.6 Å². The van der Waals surface area contributed by atoms with E-state index in [0.29, 0.717) is 57.3 Å². The maximum absolute atomic E-state index is 13.4. The Hall–Kier alpha value is -1.93. The number of amides is 2. The second kappa shape index (κ2) is 7.59. The van der Waals surface area contributed by atoms with Gasteiger partial charge in [-0.2, -0.15) is 0 Å². The average Bonchev–Trinajstić information content (AvgIpc) is 3.33. The number of carbonyl (C=O) groups excluding carboxylic acids is 1. The van der Waals surface area contributed by atoms with E-state index in [2.05, 4.69) is 5.32 Å². The standard InChI is InChI=1S/C19H25F2N3O3/c20-16-2-1-15(11-17(16)21)24-6-3-14(13-24)12-22-18(25)23-7-4-19(5-8-23)26-9-10-27-19/h1-2,11,14H,3-10,12-13H2,(H,22,25)/t14-/m1/s1. The van der Waals surface area contributed by atoms with E-state index in [0.717, 1.165) is 25.6 Å². The maximum atomic E-state index is 13.4. The van der Waals surface area contributed by atoms with Gasteiger partial charge in [-0.1, -0.05) is 0 Å². The summed E-state index contributed by atoms with van der Waals surface area (Å²) >= 11 is 0. The highest BCUT2D eigenvalue weighted by atomic mass is 19.2. The third-order valence-corrected chi connectivity index (χ3v) is 5.72. The molecule has 1 atom stereocenters. The van der Waals surface area contributed by atoms with Crippen molar-refractivity contribution in [3.8, 4) is 0 Å². The number of piperidine rings is 1. The number of ether oxygens (including phenoxy) is 2. The summed E-state index contributed by atoms with van der Waals surface area (Å²) in [5.41, 5.74) is 0.681. The quantitative estimate of drug-likeness (QED) is 0.873. The third kappa shape index (κ3) is 4.01. The molecule has 3 fully saturated rings. The van der Waals surface area contributed by atoms with Crippen LogP contribution in [0.4, 0.5) is 19.3 Å². The number of carbonyl (C=O) groups is 1. The summed E-state index contributed by atoms with van der Waals surface area (Å²) < 4.78 is 37.9. The highest BCUT2D eigenvalue weighted by molar-refractivity contribution is 5.74. The van der Waals surface area contributed by atoms with Gasteiger partial charge in [0.05, 0.1) is 13.2 Å². The molecule has 148 valence electrons. The van der Waals surface area contributed by atoms with Crippen molar-refractivity contribution in [1.82, 2.24) is 10.2 Å². The lowest BCUT2D eigenvalue weighted by Crippen LogP contribution is -2.51. The Bertz CT molecular complexity index is 687. The van der Waals surface area contributed by atoms with E-state index in [4.69, 9.17) is 9.47 Å². The molecule has 0 aromatic heterocycles. The van der Waals surface area contributed by atoms with Crippen molar-refractivity contribution in [3.63, 3.8) is 0 Å². The molecular weight excluding hydrogens is 356 g/mol. The summed E-state index contributed by atoms with van der Waals surface area (Å²) in [4.78, 5) is 16.3. The second-order valence-corrected chi connectivity index (χ2v) is 7.48. The Balaban J connectivity index is 1.22. The van der Waals surface area contributed by atoms with Gasteiger partial charge >= 0.3 is 6.03 Å². The number of hydrogen-bond donors (Lipinski definition) is 1. The van der Waals surface area contributed by atoms with Crippen LogP contribution in [0.1, 0.15) is 19.3 Å². The van der Waals surface area contributed by atoms with Gasteiger partial charge in [-0.15, -0.1) is 0 Å². The van der Waals surface area contributed by atoms with E-state index in [9.17, 15) is 13.6 Å². The average molecular weight is 381 g/mol. The minimum Gasteiger partial charge on any atom is -0.371 e. The molecule has 3 aliphatic rings. The summed E-state index contributed by atoms with van der Waals surface area (Å²) in [6.45, 7) is 4.57. The monoisotopic (exact) mass is 381 g/mol.